The van der Waals surface area contributed by atoms with E-state index in [4.69, 9.17) is 9.79 Å². The van der Waals surface area contributed by atoms with Gasteiger partial charge in [-0.2, -0.15) is 0 Å². The molecule has 0 aromatic carbocycles. The molecule has 0 saturated carbocycles. The van der Waals surface area contributed by atoms with Gasteiger partial charge in [0, 0.05) is 0 Å². The van der Waals surface area contributed by atoms with Gasteiger partial charge in [0.1, 0.15) is 0 Å². The number of hydrogen-bond donors (Lipinski definition) is 2. The molecule has 1 aliphatic heterocycles. The Balaban J connectivity index is 2.80. The predicted octanol–water partition coefficient (Wildman–Crippen LogP) is 0.280. The van der Waals surface area contributed by atoms with Crippen molar-refractivity contribution in [2.45, 2.75) is 20.3 Å². The van der Waals surface area contributed by atoms with Gasteiger partial charge in [-0.25, -0.2) is 0 Å². The number of rotatable bonds is 2. The number of esters is 2. The quantitative estimate of drug-likeness (QED) is 0.405. The van der Waals surface area contributed by atoms with Crippen LogP contribution in [-0.4, -0.2) is 27.9 Å². The molecular weight excluding hydrogens is 223 g/mol. The minimum atomic E-state index is -4.26. The molecule has 6 nitrogen and oxygen atoms in total. The lowest BCUT2D eigenvalue weighted by molar-refractivity contribution is -0.176. The zero-order valence-electron chi connectivity index (χ0n) is 8.47. The lowest BCUT2D eigenvalue weighted by Gasteiger charge is -2.31. The molecule has 1 saturated heterocycles. The maximum atomic E-state index is 11.2. The lowest BCUT2D eigenvalue weighted by atomic mass is 9.81. The highest BCUT2D eigenvalue weighted by Crippen LogP contribution is 2.42. The fourth-order valence-corrected chi connectivity index (χ4v) is 2.37. The number of carbonyl (C=O) groups excluding carboxylic acids is 2. The van der Waals surface area contributed by atoms with Gasteiger partial charge in [-0.3, -0.25) is 14.2 Å². The summed E-state index contributed by atoms with van der Waals surface area (Å²) in [5.74, 6) is -2.39. The smallest absolute Gasteiger partial charge is 0.326 e. The van der Waals surface area contributed by atoms with Crippen molar-refractivity contribution in [2.75, 3.05) is 6.16 Å². The first-order valence-corrected chi connectivity index (χ1v) is 6.22. The predicted molar refractivity (Wildman–Crippen MR) is 49.9 cm³/mol. The summed E-state index contributed by atoms with van der Waals surface area (Å²) in [5.41, 5.74) is -0.867. The van der Waals surface area contributed by atoms with Crippen LogP contribution in [0.1, 0.15) is 20.3 Å². The minimum absolute atomic E-state index is 0.107. The summed E-state index contributed by atoms with van der Waals surface area (Å²) in [6, 6.07) is 0. The molecule has 0 radical (unpaired) electrons. The molecular formula is C8H13O6P. The molecule has 0 spiro atoms. The third-order valence-corrected chi connectivity index (χ3v) is 3.21. The Morgan fingerprint density at radius 2 is 2.00 bits per heavy atom. The van der Waals surface area contributed by atoms with Gasteiger partial charge in [0.2, 0.25) is 0 Å². The van der Waals surface area contributed by atoms with Crippen LogP contribution in [0.2, 0.25) is 0 Å². The van der Waals surface area contributed by atoms with Crippen LogP contribution in [0.5, 0.6) is 0 Å². The Labute approximate surface area is 86.8 Å². The molecule has 7 heteroatoms. The van der Waals surface area contributed by atoms with Crippen LogP contribution in [0.3, 0.4) is 0 Å². The fraction of sp³-hybridized carbons (Fsp3) is 0.750. The van der Waals surface area contributed by atoms with Crippen molar-refractivity contribution in [3.63, 3.8) is 0 Å². The zero-order valence-corrected chi connectivity index (χ0v) is 9.36. The second-order valence-electron chi connectivity index (χ2n) is 4.34. The van der Waals surface area contributed by atoms with E-state index in [1.165, 1.54) is 0 Å². The highest BCUT2D eigenvalue weighted by molar-refractivity contribution is 7.51. The van der Waals surface area contributed by atoms with E-state index in [-0.39, 0.29) is 6.42 Å². The van der Waals surface area contributed by atoms with Crippen LogP contribution < -0.4 is 0 Å². The average Bonchev–Trinajstić information content (AvgIpc) is 1.97. The summed E-state index contributed by atoms with van der Waals surface area (Å²) in [7, 11) is -4.26. The minimum Gasteiger partial charge on any atom is -0.393 e. The topological polar surface area (TPSA) is 101 Å². The van der Waals surface area contributed by atoms with Gasteiger partial charge < -0.3 is 14.5 Å². The Bertz CT molecular complexity index is 341. The van der Waals surface area contributed by atoms with Crippen molar-refractivity contribution in [3.8, 4) is 0 Å². The molecule has 1 rings (SSSR count). The van der Waals surface area contributed by atoms with E-state index in [9.17, 15) is 14.2 Å². The highest BCUT2D eigenvalue weighted by atomic mass is 31.2. The molecule has 1 atom stereocenters. The first-order valence-electron chi connectivity index (χ1n) is 4.42. The van der Waals surface area contributed by atoms with Crippen LogP contribution in [0.15, 0.2) is 0 Å². The van der Waals surface area contributed by atoms with E-state index in [0.29, 0.717) is 0 Å². The Hall–Kier alpha value is -0.710. The SMILES string of the molecule is CC1(C)CC(CP(=O)(O)O)C(=O)OC1=O. The van der Waals surface area contributed by atoms with Crippen molar-refractivity contribution < 1.29 is 28.7 Å². The summed E-state index contributed by atoms with van der Waals surface area (Å²) >= 11 is 0. The standard InChI is InChI=1S/C8H13O6P/c1-8(2)3-5(4-15(11,12)13)6(9)14-7(8)10/h5H,3-4H2,1-2H3,(H2,11,12,13). The van der Waals surface area contributed by atoms with Crippen LogP contribution >= 0.6 is 7.60 Å². The van der Waals surface area contributed by atoms with Gasteiger partial charge in [0.15, 0.2) is 0 Å². The number of carbonyl (C=O) groups is 2. The Morgan fingerprint density at radius 3 is 2.47 bits per heavy atom. The molecule has 0 aromatic heterocycles. The summed E-state index contributed by atoms with van der Waals surface area (Å²) < 4.78 is 15.2. The molecule has 0 amide bonds. The van der Waals surface area contributed by atoms with Crippen molar-refractivity contribution in [3.05, 3.63) is 0 Å². The summed E-state index contributed by atoms with van der Waals surface area (Å²) in [6.07, 6.45) is -0.460. The van der Waals surface area contributed by atoms with E-state index in [2.05, 4.69) is 4.74 Å². The molecule has 1 unspecified atom stereocenters. The van der Waals surface area contributed by atoms with Crippen molar-refractivity contribution in [1.29, 1.82) is 0 Å². The summed E-state index contributed by atoms with van der Waals surface area (Å²) in [6.45, 7) is 3.16. The van der Waals surface area contributed by atoms with E-state index in [1.54, 1.807) is 13.8 Å². The van der Waals surface area contributed by atoms with Gasteiger partial charge in [-0.15, -0.1) is 0 Å². The molecule has 0 bridgehead atoms. The van der Waals surface area contributed by atoms with E-state index in [0.717, 1.165) is 0 Å². The molecule has 0 aromatic rings. The van der Waals surface area contributed by atoms with Gasteiger partial charge in [-0.05, 0) is 20.3 Å². The van der Waals surface area contributed by atoms with E-state index in [1.807, 2.05) is 0 Å². The molecule has 15 heavy (non-hydrogen) atoms. The third kappa shape index (κ3) is 3.12. The fourth-order valence-electron chi connectivity index (χ4n) is 1.52. The summed E-state index contributed by atoms with van der Waals surface area (Å²) in [4.78, 5) is 39.9. The molecule has 1 heterocycles. The number of ether oxygens (including phenoxy) is 1. The van der Waals surface area contributed by atoms with E-state index >= 15 is 0 Å². The molecule has 1 fully saturated rings. The zero-order chi connectivity index (χ0) is 11.9. The maximum Gasteiger partial charge on any atom is 0.326 e. The molecule has 0 aliphatic carbocycles. The average molecular weight is 236 g/mol. The first-order chi connectivity index (χ1) is 6.62. The van der Waals surface area contributed by atoms with Crippen LogP contribution in [0.4, 0.5) is 0 Å². The first kappa shape index (κ1) is 12.4. The molecule has 86 valence electrons. The monoisotopic (exact) mass is 236 g/mol. The van der Waals surface area contributed by atoms with E-state index < -0.39 is 37.0 Å². The Kier molecular flexibility index (Phi) is 3.05. The highest BCUT2D eigenvalue weighted by Gasteiger charge is 2.44. The second kappa shape index (κ2) is 3.70. The Morgan fingerprint density at radius 1 is 1.47 bits per heavy atom. The van der Waals surface area contributed by atoms with Gasteiger partial charge >= 0.3 is 19.5 Å². The second-order valence-corrected chi connectivity index (χ2v) is 6.04. The largest absolute Gasteiger partial charge is 0.393 e. The number of cyclic esters (lactones) is 2. The maximum absolute atomic E-state index is 11.2. The summed E-state index contributed by atoms with van der Waals surface area (Å²) in [5, 5.41) is 0. The van der Waals surface area contributed by atoms with Crippen LogP contribution in [-0.2, 0) is 18.9 Å². The van der Waals surface area contributed by atoms with Gasteiger partial charge in [-0.1, -0.05) is 0 Å². The van der Waals surface area contributed by atoms with Crippen molar-refractivity contribution in [2.24, 2.45) is 11.3 Å². The van der Waals surface area contributed by atoms with Gasteiger partial charge in [0.25, 0.3) is 0 Å². The number of hydrogen-bond acceptors (Lipinski definition) is 4. The van der Waals surface area contributed by atoms with Crippen LogP contribution in [0.25, 0.3) is 0 Å². The third-order valence-electron chi connectivity index (χ3n) is 2.29. The molecule has 1 aliphatic rings. The van der Waals surface area contributed by atoms with Crippen LogP contribution in [0, 0.1) is 11.3 Å². The van der Waals surface area contributed by atoms with Crippen molar-refractivity contribution in [1.82, 2.24) is 0 Å². The normalized spacial score (nSPS) is 26.3. The molecule has 2 N–H and O–H groups in total. The van der Waals surface area contributed by atoms with Gasteiger partial charge in [0.05, 0.1) is 17.5 Å². The lowest BCUT2D eigenvalue weighted by Crippen LogP contribution is -2.41. The van der Waals surface area contributed by atoms with Crippen molar-refractivity contribution >= 4 is 19.5 Å².